The molecule has 1 aliphatic heterocycles. The van der Waals surface area contributed by atoms with Gasteiger partial charge in [-0.25, -0.2) is 4.31 Å². The number of hydrogen-bond donors (Lipinski definition) is 0. The maximum Gasteiger partial charge on any atom is 0.0297 e. The second kappa shape index (κ2) is 4.83. The highest BCUT2D eigenvalue weighted by molar-refractivity contribution is 7.98. The van der Waals surface area contributed by atoms with Gasteiger partial charge in [0.1, 0.15) is 0 Å². The lowest BCUT2D eigenvalue weighted by Crippen LogP contribution is -2.45. The van der Waals surface area contributed by atoms with Crippen molar-refractivity contribution in [2.24, 2.45) is 0 Å². The molecule has 2 atom stereocenters. The van der Waals surface area contributed by atoms with E-state index in [1.54, 1.807) is 0 Å². The standard InChI is InChI=1S/C14H21NOS/c1-12(2)15-11-14(9-10-17(15,3)16)13-7-5-4-6-8-13/h4-8,12,14H,3,9-11H2,1-2H3. The molecule has 0 spiro atoms. The van der Waals surface area contributed by atoms with E-state index in [2.05, 4.69) is 48.3 Å². The van der Waals surface area contributed by atoms with Crippen LogP contribution < -0.4 is 0 Å². The molecule has 17 heavy (non-hydrogen) atoms. The third-order valence-corrected chi connectivity index (χ3v) is 5.76. The summed E-state index contributed by atoms with van der Waals surface area (Å²) in [6.45, 7) is 5.06. The molecular formula is C14H21NOS. The fraction of sp³-hybridized carbons (Fsp3) is 0.500. The Bertz CT molecular complexity index is 464. The van der Waals surface area contributed by atoms with Gasteiger partial charge in [-0.2, -0.15) is 0 Å². The molecule has 0 aromatic heterocycles. The first-order valence-electron chi connectivity index (χ1n) is 6.17. The lowest BCUT2D eigenvalue weighted by Gasteiger charge is -2.38. The molecule has 2 rings (SSSR count). The summed E-state index contributed by atoms with van der Waals surface area (Å²) >= 11 is 0. The van der Waals surface area contributed by atoms with Crippen LogP contribution in [-0.4, -0.2) is 32.7 Å². The van der Waals surface area contributed by atoms with Gasteiger partial charge in [-0.3, -0.25) is 4.21 Å². The predicted molar refractivity (Wildman–Crippen MR) is 75.8 cm³/mol. The Labute approximate surface area is 105 Å². The van der Waals surface area contributed by atoms with Crippen LogP contribution in [0.4, 0.5) is 0 Å². The largest absolute Gasteiger partial charge is 0.253 e. The van der Waals surface area contributed by atoms with Crippen molar-refractivity contribution < 1.29 is 4.21 Å². The van der Waals surface area contributed by atoms with E-state index in [-0.39, 0.29) is 0 Å². The maximum atomic E-state index is 12.4. The second-order valence-corrected chi connectivity index (χ2v) is 7.49. The smallest absolute Gasteiger partial charge is 0.0297 e. The van der Waals surface area contributed by atoms with E-state index in [0.717, 1.165) is 13.0 Å². The number of benzene rings is 1. The summed E-state index contributed by atoms with van der Waals surface area (Å²) in [5.41, 5.74) is 1.35. The van der Waals surface area contributed by atoms with E-state index in [0.29, 0.717) is 17.7 Å². The predicted octanol–water partition coefficient (Wildman–Crippen LogP) is 2.52. The van der Waals surface area contributed by atoms with Crippen LogP contribution in [0.5, 0.6) is 0 Å². The summed E-state index contributed by atoms with van der Waals surface area (Å²) in [4.78, 5) is 0. The van der Waals surface area contributed by atoms with Crippen LogP contribution in [0.3, 0.4) is 0 Å². The van der Waals surface area contributed by atoms with Crippen LogP contribution in [0.2, 0.25) is 0 Å². The van der Waals surface area contributed by atoms with Gasteiger partial charge in [0.2, 0.25) is 0 Å². The lowest BCUT2D eigenvalue weighted by atomic mass is 9.96. The van der Waals surface area contributed by atoms with Gasteiger partial charge in [0.25, 0.3) is 0 Å². The second-order valence-electron chi connectivity index (χ2n) is 5.07. The Kier molecular flexibility index (Phi) is 3.59. The molecule has 3 heteroatoms. The van der Waals surface area contributed by atoms with Crippen molar-refractivity contribution in [3.63, 3.8) is 0 Å². The first-order valence-corrected chi connectivity index (χ1v) is 8.02. The van der Waals surface area contributed by atoms with Crippen molar-refractivity contribution >= 4 is 15.6 Å². The number of rotatable bonds is 2. The average Bonchev–Trinajstić information content (AvgIpc) is 2.29. The highest BCUT2D eigenvalue weighted by atomic mass is 32.2. The van der Waals surface area contributed by atoms with Crippen LogP contribution >= 0.6 is 0 Å². The van der Waals surface area contributed by atoms with Gasteiger partial charge in [0.05, 0.1) is 0 Å². The van der Waals surface area contributed by atoms with E-state index in [4.69, 9.17) is 0 Å². The van der Waals surface area contributed by atoms with Crippen molar-refractivity contribution in [3.05, 3.63) is 35.9 Å². The molecule has 0 amide bonds. The van der Waals surface area contributed by atoms with Gasteiger partial charge in [-0.1, -0.05) is 30.3 Å². The molecule has 1 aromatic rings. The Balaban J connectivity index is 2.21. The minimum absolute atomic E-state index is 0.298. The zero-order valence-corrected chi connectivity index (χ0v) is 11.5. The van der Waals surface area contributed by atoms with Gasteiger partial charge < -0.3 is 0 Å². The fourth-order valence-corrected chi connectivity index (χ4v) is 4.59. The molecule has 1 fully saturated rings. The molecule has 1 aliphatic rings. The summed E-state index contributed by atoms with van der Waals surface area (Å²) in [5.74, 6) is 5.12. The Morgan fingerprint density at radius 2 is 2.00 bits per heavy atom. The Morgan fingerprint density at radius 3 is 2.59 bits per heavy atom. The molecule has 2 unspecified atom stereocenters. The molecule has 0 saturated carbocycles. The van der Waals surface area contributed by atoms with Crippen molar-refractivity contribution in [1.29, 1.82) is 0 Å². The highest BCUT2D eigenvalue weighted by Gasteiger charge is 2.29. The molecule has 0 radical (unpaired) electrons. The Hall–Kier alpha value is -0.800. The van der Waals surface area contributed by atoms with Crippen molar-refractivity contribution in [1.82, 2.24) is 4.31 Å². The summed E-state index contributed by atoms with van der Waals surface area (Å²) < 4.78 is 14.4. The molecule has 94 valence electrons. The summed E-state index contributed by atoms with van der Waals surface area (Å²) in [6, 6.07) is 10.8. The molecule has 1 saturated heterocycles. The minimum atomic E-state index is -2.03. The van der Waals surface area contributed by atoms with Gasteiger partial charge in [-0.15, -0.1) is 0 Å². The van der Waals surface area contributed by atoms with E-state index in [1.807, 2.05) is 6.07 Å². The molecule has 0 aliphatic carbocycles. The van der Waals surface area contributed by atoms with Crippen molar-refractivity contribution in [2.75, 3.05) is 12.3 Å². The fourth-order valence-electron chi connectivity index (χ4n) is 2.48. The molecule has 2 nitrogen and oxygen atoms in total. The normalized spacial score (nSPS) is 30.6. The summed E-state index contributed by atoms with van der Waals surface area (Å²) in [6.07, 6.45) is 0.982. The number of nitrogens with zero attached hydrogens (tertiary/aromatic N) is 1. The van der Waals surface area contributed by atoms with Gasteiger partial charge >= 0.3 is 0 Å². The first kappa shape index (κ1) is 12.7. The molecule has 0 bridgehead atoms. The molecular weight excluding hydrogens is 230 g/mol. The molecule has 1 aromatic carbocycles. The van der Waals surface area contributed by atoms with Gasteiger partial charge in [0, 0.05) is 28.0 Å². The third kappa shape index (κ3) is 2.72. The molecule has 1 heterocycles. The van der Waals surface area contributed by atoms with Crippen LogP contribution in [-0.2, 0) is 9.71 Å². The SMILES string of the molecule is C=S1(=O)CCC(c2ccccc2)CN1C(C)C. The number of hydrogen-bond acceptors (Lipinski definition) is 1. The topological polar surface area (TPSA) is 20.3 Å². The van der Waals surface area contributed by atoms with E-state index in [9.17, 15) is 4.21 Å². The average molecular weight is 251 g/mol. The van der Waals surface area contributed by atoms with E-state index < -0.39 is 9.71 Å². The van der Waals surface area contributed by atoms with Gasteiger partial charge in [-0.05, 0) is 37.6 Å². The molecule has 0 N–H and O–H groups in total. The van der Waals surface area contributed by atoms with Crippen LogP contribution in [0.25, 0.3) is 0 Å². The Morgan fingerprint density at radius 1 is 1.35 bits per heavy atom. The monoisotopic (exact) mass is 251 g/mol. The highest BCUT2D eigenvalue weighted by Crippen LogP contribution is 2.29. The quantitative estimate of drug-likeness (QED) is 0.740. The first-order chi connectivity index (χ1) is 8.00. The van der Waals surface area contributed by atoms with E-state index in [1.165, 1.54) is 5.56 Å². The summed E-state index contributed by atoms with van der Waals surface area (Å²) in [5, 5.41) is 0. The zero-order valence-electron chi connectivity index (χ0n) is 10.6. The van der Waals surface area contributed by atoms with Crippen molar-refractivity contribution in [2.45, 2.75) is 32.2 Å². The third-order valence-electron chi connectivity index (χ3n) is 3.46. The van der Waals surface area contributed by atoms with Crippen molar-refractivity contribution in [3.8, 4) is 0 Å². The van der Waals surface area contributed by atoms with E-state index >= 15 is 0 Å². The van der Waals surface area contributed by atoms with Crippen LogP contribution in [0, 0.1) is 0 Å². The zero-order chi connectivity index (χ0) is 12.5. The van der Waals surface area contributed by atoms with Crippen LogP contribution in [0.15, 0.2) is 30.3 Å². The van der Waals surface area contributed by atoms with Crippen LogP contribution in [0.1, 0.15) is 31.7 Å². The van der Waals surface area contributed by atoms with Gasteiger partial charge in [0.15, 0.2) is 0 Å². The lowest BCUT2D eigenvalue weighted by molar-refractivity contribution is 0.330. The maximum absolute atomic E-state index is 12.4. The minimum Gasteiger partial charge on any atom is -0.253 e. The summed E-state index contributed by atoms with van der Waals surface area (Å²) in [7, 11) is -2.03.